The minimum Gasteiger partial charge on any atom is -0.375 e. The third kappa shape index (κ3) is 2.02. The lowest BCUT2D eigenvalue weighted by molar-refractivity contribution is 0.116. The van der Waals surface area contributed by atoms with E-state index >= 15 is 0 Å². The predicted molar refractivity (Wildman–Crippen MR) is 44.4 cm³/mol. The Kier molecular flexibility index (Phi) is 2.60. The second-order valence-corrected chi connectivity index (χ2v) is 2.58. The summed E-state index contributed by atoms with van der Waals surface area (Å²) in [6, 6.07) is 5.94. The first-order valence-electron chi connectivity index (χ1n) is 3.70. The van der Waals surface area contributed by atoms with Gasteiger partial charge in [-0.2, -0.15) is 0 Å². The van der Waals surface area contributed by atoms with Crippen molar-refractivity contribution in [2.45, 2.75) is 20.0 Å². The van der Waals surface area contributed by atoms with Crippen LogP contribution < -0.4 is 0 Å². The van der Waals surface area contributed by atoms with Crippen LogP contribution in [0.3, 0.4) is 0 Å². The molecule has 2 heteroatoms. The third-order valence-corrected chi connectivity index (χ3v) is 1.68. The Bertz CT molecular complexity index is 235. The molecule has 0 radical (unpaired) electrons. The summed E-state index contributed by atoms with van der Waals surface area (Å²) in [5.74, 6) is 0. The molecule has 60 valence electrons. The molecule has 0 saturated carbocycles. The zero-order valence-electron chi connectivity index (χ0n) is 7.16. The molecule has 1 heterocycles. The highest BCUT2D eigenvalue weighted by Crippen LogP contribution is 2.12. The van der Waals surface area contributed by atoms with Crippen LogP contribution >= 0.6 is 0 Å². The van der Waals surface area contributed by atoms with E-state index in [0.29, 0.717) is 0 Å². The highest BCUT2D eigenvalue weighted by atomic mass is 16.5. The van der Waals surface area contributed by atoms with E-state index in [9.17, 15) is 0 Å². The smallest absolute Gasteiger partial charge is 0.0962 e. The summed E-state index contributed by atoms with van der Waals surface area (Å²) in [6.07, 6.45) is 0.0925. The van der Waals surface area contributed by atoms with Crippen molar-refractivity contribution in [1.82, 2.24) is 4.98 Å². The van der Waals surface area contributed by atoms with E-state index in [0.717, 1.165) is 11.4 Å². The largest absolute Gasteiger partial charge is 0.375 e. The fraction of sp³-hybridized carbons (Fsp3) is 0.444. The van der Waals surface area contributed by atoms with Crippen LogP contribution in [0.25, 0.3) is 0 Å². The van der Waals surface area contributed by atoms with Crippen molar-refractivity contribution in [2.75, 3.05) is 7.11 Å². The zero-order valence-corrected chi connectivity index (χ0v) is 7.16. The Balaban J connectivity index is 2.86. The summed E-state index contributed by atoms with van der Waals surface area (Å²) in [7, 11) is 1.69. The van der Waals surface area contributed by atoms with Gasteiger partial charge in [0.25, 0.3) is 0 Å². The average molecular weight is 151 g/mol. The van der Waals surface area contributed by atoms with Crippen molar-refractivity contribution in [3.8, 4) is 0 Å². The van der Waals surface area contributed by atoms with E-state index in [4.69, 9.17) is 4.74 Å². The molecule has 2 nitrogen and oxygen atoms in total. The summed E-state index contributed by atoms with van der Waals surface area (Å²) in [5.41, 5.74) is 2.03. The number of aromatic nitrogens is 1. The van der Waals surface area contributed by atoms with E-state index in [1.165, 1.54) is 0 Å². The van der Waals surface area contributed by atoms with Gasteiger partial charge in [0.05, 0.1) is 11.8 Å². The van der Waals surface area contributed by atoms with Gasteiger partial charge in [0.1, 0.15) is 0 Å². The Labute approximate surface area is 67.2 Å². The van der Waals surface area contributed by atoms with E-state index in [1.54, 1.807) is 7.11 Å². The van der Waals surface area contributed by atoms with Crippen LogP contribution in [0.1, 0.15) is 24.4 Å². The molecule has 0 aliphatic carbocycles. The molecular weight excluding hydrogens is 138 g/mol. The van der Waals surface area contributed by atoms with E-state index in [1.807, 2.05) is 32.0 Å². The standard InChI is InChI=1S/C9H13NO/c1-7-5-4-6-9(10-7)8(2)11-3/h4-6,8H,1-3H3/t8-/m0/s1. The van der Waals surface area contributed by atoms with Gasteiger partial charge in [-0.3, -0.25) is 4.98 Å². The number of methoxy groups -OCH3 is 1. The number of ether oxygens (including phenoxy) is 1. The Morgan fingerprint density at radius 3 is 2.73 bits per heavy atom. The summed E-state index contributed by atoms with van der Waals surface area (Å²) < 4.78 is 5.13. The molecule has 0 aromatic carbocycles. The maximum absolute atomic E-state index is 5.13. The summed E-state index contributed by atoms with van der Waals surface area (Å²) in [4.78, 5) is 4.32. The number of pyridine rings is 1. The number of nitrogens with zero attached hydrogens (tertiary/aromatic N) is 1. The van der Waals surface area contributed by atoms with Crippen LogP contribution in [0.2, 0.25) is 0 Å². The Morgan fingerprint density at radius 2 is 2.18 bits per heavy atom. The fourth-order valence-corrected chi connectivity index (χ4v) is 0.911. The summed E-state index contributed by atoms with van der Waals surface area (Å²) in [5, 5.41) is 0. The van der Waals surface area contributed by atoms with Gasteiger partial charge in [-0.15, -0.1) is 0 Å². The van der Waals surface area contributed by atoms with Gasteiger partial charge in [-0.05, 0) is 26.0 Å². The Morgan fingerprint density at radius 1 is 1.45 bits per heavy atom. The summed E-state index contributed by atoms with van der Waals surface area (Å²) >= 11 is 0. The predicted octanol–water partition coefficient (Wildman–Crippen LogP) is 2.10. The van der Waals surface area contributed by atoms with Gasteiger partial charge < -0.3 is 4.74 Å². The molecule has 0 spiro atoms. The Hall–Kier alpha value is -0.890. The second-order valence-electron chi connectivity index (χ2n) is 2.58. The number of aryl methyl sites for hydroxylation is 1. The molecule has 0 aliphatic rings. The first kappa shape index (κ1) is 8.21. The van der Waals surface area contributed by atoms with Gasteiger partial charge in [0, 0.05) is 12.8 Å². The van der Waals surface area contributed by atoms with Crippen molar-refractivity contribution in [3.05, 3.63) is 29.6 Å². The average Bonchev–Trinajstić information content (AvgIpc) is 2.03. The molecule has 0 N–H and O–H groups in total. The molecular formula is C9H13NO. The molecule has 0 bridgehead atoms. The van der Waals surface area contributed by atoms with Crippen molar-refractivity contribution in [3.63, 3.8) is 0 Å². The lowest BCUT2D eigenvalue weighted by Gasteiger charge is -2.08. The second kappa shape index (κ2) is 3.49. The van der Waals surface area contributed by atoms with Crippen molar-refractivity contribution >= 4 is 0 Å². The monoisotopic (exact) mass is 151 g/mol. The molecule has 0 fully saturated rings. The molecule has 1 aromatic heterocycles. The van der Waals surface area contributed by atoms with Crippen LogP contribution in [0.4, 0.5) is 0 Å². The fourth-order valence-electron chi connectivity index (χ4n) is 0.911. The maximum Gasteiger partial charge on any atom is 0.0962 e. The lowest BCUT2D eigenvalue weighted by atomic mass is 10.2. The van der Waals surface area contributed by atoms with Gasteiger partial charge in [0.2, 0.25) is 0 Å². The maximum atomic E-state index is 5.13. The van der Waals surface area contributed by atoms with Gasteiger partial charge >= 0.3 is 0 Å². The third-order valence-electron chi connectivity index (χ3n) is 1.68. The molecule has 1 rings (SSSR count). The first-order chi connectivity index (χ1) is 5.24. The van der Waals surface area contributed by atoms with Crippen molar-refractivity contribution < 1.29 is 4.74 Å². The van der Waals surface area contributed by atoms with Crippen LogP contribution in [0.5, 0.6) is 0 Å². The molecule has 0 amide bonds. The van der Waals surface area contributed by atoms with E-state index in [-0.39, 0.29) is 6.10 Å². The van der Waals surface area contributed by atoms with Gasteiger partial charge in [0.15, 0.2) is 0 Å². The normalized spacial score (nSPS) is 13.0. The van der Waals surface area contributed by atoms with Crippen LogP contribution in [0.15, 0.2) is 18.2 Å². The van der Waals surface area contributed by atoms with Gasteiger partial charge in [-0.25, -0.2) is 0 Å². The molecule has 0 unspecified atom stereocenters. The molecule has 1 atom stereocenters. The van der Waals surface area contributed by atoms with Crippen LogP contribution in [0, 0.1) is 6.92 Å². The first-order valence-corrected chi connectivity index (χ1v) is 3.70. The van der Waals surface area contributed by atoms with Crippen molar-refractivity contribution in [2.24, 2.45) is 0 Å². The molecule has 0 saturated heterocycles. The van der Waals surface area contributed by atoms with Gasteiger partial charge in [-0.1, -0.05) is 6.07 Å². The number of hydrogen-bond donors (Lipinski definition) is 0. The van der Waals surface area contributed by atoms with Crippen LogP contribution in [-0.2, 0) is 4.74 Å². The zero-order chi connectivity index (χ0) is 8.27. The summed E-state index contributed by atoms with van der Waals surface area (Å²) in [6.45, 7) is 3.97. The molecule has 11 heavy (non-hydrogen) atoms. The minimum atomic E-state index is 0.0925. The van der Waals surface area contributed by atoms with Crippen LogP contribution in [-0.4, -0.2) is 12.1 Å². The van der Waals surface area contributed by atoms with E-state index < -0.39 is 0 Å². The topological polar surface area (TPSA) is 22.1 Å². The van der Waals surface area contributed by atoms with E-state index in [2.05, 4.69) is 4.98 Å². The number of rotatable bonds is 2. The highest BCUT2D eigenvalue weighted by molar-refractivity contribution is 5.11. The minimum absolute atomic E-state index is 0.0925. The lowest BCUT2D eigenvalue weighted by Crippen LogP contribution is -1.99. The SMILES string of the molecule is CO[C@@H](C)c1cccc(C)n1. The quantitative estimate of drug-likeness (QED) is 0.645. The molecule has 1 aromatic rings. The number of hydrogen-bond acceptors (Lipinski definition) is 2. The van der Waals surface area contributed by atoms with Crippen molar-refractivity contribution in [1.29, 1.82) is 0 Å². The highest BCUT2D eigenvalue weighted by Gasteiger charge is 2.03. The molecule has 0 aliphatic heterocycles.